The molecule has 2 atom stereocenters. The van der Waals surface area contributed by atoms with Crippen LogP contribution in [0.4, 0.5) is 0 Å². The van der Waals surface area contributed by atoms with Crippen LogP contribution in [-0.2, 0) is 14.3 Å². The second kappa shape index (κ2) is 5.64. The Labute approximate surface area is 96.7 Å². The third kappa shape index (κ3) is 3.46. The summed E-state index contributed by atoms with van der Waals surface area (Å²) >= 11 is 0. The first-order valence-corrected chi connectivity index (χ1v) is 6.21. The van der Waals surface area contributed by atoms with Crippen molar-refractivity contribution in [2.45, 2.75) is 44.7 Å². The summed E-state index contributed by atoms with van der Waals surface area (Å²) in [6, 6.07) is 1.45. The van der Waals surface area contributed by atoms with Gasteiger partial charge in [-0.05, 0) is 31.6 Å². The molecule has 0 spiro atoms. The van der Waals surface area contributed by atoms with Crippen molar-refractivity contribution in [2.24, 2.45) is 5.92 Å². The number of rotatable bonds is 5. The lowest BCUT2D eigenvalue weighted by Gasteiger charge is -2.28. The van der Waals surface area contributed by atoms with Gasteiger partial charge in [-0.25, -0.2) is 0 Å². The molecule has 2 bridgehead atoms. The minimum absolute atomic E-state index is 0.233. The molecular weight excluding hydrogens is 206 g/mol. The van der Waals surface area contributed by atoms with Crippen molar-refractivity contribution >= 4 is 5.97 Å². The van der Waals surface area contributed by atoms with E-state index in [1.807, 2.05) is 0 Å². The molecule has 0 aromatic carbocycles. The third-order valence-electron chi connectivity index (χ3n) is 3.46. The highest BCUT2D eigenvalue weighted by atomic mass is 16.6. The van der Waals surface area contributed by atoms with Gasteiger partial charge in [-0.15, -0.1) is 0 Å². The number of ether oxygens (including phenoxy) is 2. The maximum Gasteiger partial charge on any atom is 0.302 e. The zero-order valence-corrected chi connectivity index (χ0v) is 9.91. The predicted molar refractivity (Wildman–Crippen MR) is 60.1 cm³/mol. The van der Waals surface area contributed by atoms with Gasteiger partial charge < -0.3 is 14.8 Å². The normalized spacial score (nSPS) is 32.7. The monoisotopic (exact) mass is 227 g/mol. The van der Waals surface area contributed by atoms with E-state index in [2.05, 4.69) is 5.32 Å². The second-order valence-corrected chi connectivity index (χ2v) is 4.89. The topological polar surface area (TPSA) is 47.6 Å². The molecule has 0 aromatic rings. The van der Waals surface area contributed by atoms with Crippen LogP contribution in [0.25, 0.3) is 0 Å². The summed E-state index contributed by atoms with van der Waals surface area (Å²) in [4.78, 5) is 10.5. The summed E-state index contributed by atoms with van der Waals surface area (Å²) in [5.74, 6) is 0.458. The van der Waals surface area contributed by atoms with E-state index in [4.69, 9.17) is 9.47 Å². The van der Waals surface area contributed by atoms with E-state index in [1.165, 1.54) is 32.6 Å². The fraction of sp³-hybridized carbons (Fsp3) is 0.917. The van der Waals surface area contributed by atoms with Gasteiger partial charge in [0.15, 0.2) is 0 Å². The average molecular weight is 227 g/mol. The summed E-state index contributed by atoms with van der Waals surface area (Å²) < 4.78 is 10.4. The van der Waals surface area contributed by atoms with Crippen LogP contribution < -0.4 is 5.32 Å². The summed E-state index contributed by atoms with van der Waals surface area (Å²) in [5, 5.41) is 3.61. The highest BCUT2D eigenvalue weighted by Gasteiger charge is 2.33. The van der Waals surface area contributed by atoms with E-state index in [1.54, 1.807) is 0 Å². The van der Waals surface area contributed by atoms with Crippen LogP contribution >= 0.6 is 0 Å². The second-order valence-electron chi connectivity index (χ2n) is 4.89. The number of fused-ring (bicyclic) bond motifs is 2. The molecular formula is C12H21NO3. The lowest BCUT2D eigenvalue weighted by atomic mass is 9.93. The van der Waals surface area contributed by atoms with E-state index in [0.717, 1.165) is 18.7 Å². The van der Waals surface area contributed by atoms with E-state index in [-0.39, 0.29) is 5.97 Å². The van der Waals surface area contributed by atoms with Crippen molar-refractivity contribution in [1.82, 2.24) is 5.32 Å². The van der Waals surface area contributed by atoms with Gasteiger partial charge in [-0.3, -0.25) is 4.79 Å². The zero-order valence-electron chi connectivity index (χ0n) is 9.91. The third-order valence-corrected chi connectivity index (χ3v) is 3.46. The zero-order chi connectivity index (χ0) is 11.4. The van der Waals surface area contributed by atoms with Crippen LogP contribution in [0.1, 0.15) is 32.6 Å². The summed E-state index contributed by atoms with van der Waals surface area (Å²) in [6.07, 6.45) is 5.14. The lowest BCUT2D eigenvalue weighted by molar-refractivity contribution is -0.142. The Morgan fingerprint density at radius 3 is 2.56 bits per heavy atom. The van der Waals surface area contributed by atoms with Crippen LogP contribution in [0.15, 0.2) is 0 Å². The lowest BCUT2D eigenvalue weighted by Crippen LogP contribution is -2.39. The minimum atomic E-state index is -0.233. The Hall–Kier alpha value is -0.610. The molecule has 0 radical (unpaired) electrons. The number of esters is 1. The van der Waals surface area contributed by atoms with Crippen molar-refractivity contribution in [3.8, 4) is 0 Å². The molecule has 4 nitrogen and oxygen atoms in total. The van der Waals surface area contributed by atoms with E-state index >= 15 is 0 Å². The van der Waals surface area contributed by atoms with Crippen LogP contribution in [0, 0.1) is 5.92 Å². The highest BCUT2D eigenvalue weighted by molar-refractivity contribution is 5.65. The molecule has 2 saturated heterocycles. The van der Waals surface area contributed by atoms with Gasteiger partial charge in [-0.1, -0.05) is 0 Å². The van der Waals surface area contributed by atoms with E-state index < -0.39 is 0 Å². The van der Waals surface area contributed by atoms with Gasteiger partial charge in [0.1, 0.15) is 6.61 Å². The van der Waals surface area contributed by atoms with E-state index in [9.17, 15) is 4.79 Å². The predicted octanol–water partition coefficient (Wildman–Crippen LogP) is 1.10. The van der Waals surface area contributed by atoms with Crippen molar-refractivity contribution in [1.29, 1.82) is 0 Å². The van der Waals surface area contributed by atoms with Gasteiger partial charge >= 0.3 is 5.97 Å². The van der Waals surface area contributed by atoms with Crippen LogP contribution in [0.5, 0.6) is 0 Å². The first-order chi connectivity index (χ1) is 7.74. The largest absolute Gasteiger partial charge is 0.463 e. The fourth-order valence-electron chi connectivity index (χ4n) is 2.81. The number of hydrogen-bond donors (Lipinski definition) is 1. The molecule has 2 unspecified atom stereocenters. The number of nitrogens with one attached hydrogen (secondary N) is 1. The molecule has 0 aliphatic carbocycles. The van der Waals surface area contributed by atoms with Gasteiger partial charge in [0.25, 0.3) is 0 Å². The van der Waals surface area contributed by atoms with Crippen molar-refractivity contribution in [2.75, 3.05) is 19.8 Å². The minimum Gasteiger partial charge on any atom is -0.463 e. The number of hydrogen-bond acceptors (Lipinski definition) is 4. The standard InChI is InChI=1S/C12H21NO3/c1-9(14)16-5-4-15-8-10-6-11-2-3-12(7-10)13-11/h10-13H,2-8H2,1H3. The number of piperidine rings is 1. The molecule has 0 aromatic heterocycles. The van der Waals surface area contributed by atoms with Gasteiger partial charge in [0.05, 0.1) is 6.61 Å². The van der Waals surface area contributed by atoms with Crippen LogP contribution in [0.2, 0.25) is 0 Å². The van der Waals surface area contributed by atoms with Crippen molar-refractivity contribution in [3.05, 3.63) is 0 Å². The maximum absolute atomic E-state index is 10.5. The first-order valence-electron chi connectivity index (χ1n) is 6.21. The summed E-state index contributed by atoms with van der Waals surface area (Å²) in [7, 11) is 0. The quantitative estimate of drug-likeness (QED) is 0.564. The molecule has 16 heavy (non-hydrogen) atoms. The van der Waals surface area contributed by atoms with Gasteiger partial charge in [0.2, 0.25) is 0 Å². The SMILES string of the molecule is CC(=O)OCCOCC1CC2CCC(C1)N2. The molecule has 1 N–H and O–H groups in total. The summed E-state index contributed by atoms with van der Waals surface area (Å²) in [5.41, 5.74) is 0. The highest BCUT2D eigenvalue weighted by Crippen LogP contribution is 2.30. The average Bonchev–Trinajstić information content (AvgIpc) is 2.57. The fourth-order valence-corrected chi connectivity index (χ4v) is 2.81. The molecule has 2 fully saturated rings. The molecule has 92 valence electrons. The Bertz CT molecular complexity index is 232. The Morgan fingerprint density at radius 1 is 1.25 bits per heavy atom. The van der Waals surface area contributed by atoms with Crippen molar-refractivity contribution < 1.29 is 14.3 Å². The molecule has 2 aliphatic rings. The molecule has 0 saturated carbocycles. The van der Waals surface area contributed by atoms with Gasteiger partial charge in [-0.2, -0.15) is 0 Å². The molecule has 2 rings (SSSR count). The molecule has 0 amide bonds. The van der Waals surface area contributed by atoms with Crippen LogP contribution in [0.3, 0.4) is 0 Å². The maximum atomic E-state index is 10.5. The smallest absolute Gasteiger partial charge is 0.302 e. The first kappa shape index (κ1) is 11.9. The van der Waals surface area contributed by atoms with E-state index in [0.29, 0.717) is 19.1 Å². The molecule has 2 aliphatic heterocycles. The van der Waals surface area contributed by atoms with Crippen LogP contribution in [-0.4, -0.2) is 37.9 Å². The number of carbonyl (C=O) groups excluding carboxylic acids is 1. The number of carbonyl (C=O) groups is 1. The molecule has 4 heteroatoms. The van der Waals surface area contributed by atoms with Crippen molar-refractivity contribution in [3.63, 3.8) is 0 Å². The Balaban J connectivity index is 1.55. The summed E-state index contributed by atoms with van der Waals surface area (Å²) in [6.45, 7) is 3.15. The molecule has 2 heterocycles. The Morgan fingerprint density at radius 2 is 1.94 bits per heavy atom. The van der Waals surface area contributed by atoms with Gasteiger partial charge in [0, 0.05) is 25.6 Å². The Kier molecular flexibility index (Phi) is 4.18.